The molecule has 2 nitrogen and oxygen atoms in total. The van der Waals surface area contributed by atoms with Crippen LogP contribution in [-0.2, 0) is 0 Å². The second-order valence-corrected chi connectivity index (χ2v) is 3.89. The van der Waals surface area contributed by atoms with Crippen molar-refractivity contribution in [3.05, 3.63) is 30.3 Å². The van der Waals surface area contributed by atoms with E-state index < -0.39 is 0 Å². The fraction of sp³-hybridized carbons (Fsp3) is 0.500. The fourth-order valence-electron chi connectivity index (χ4n) is 1.25. The van der Waals surface area contributed by atoms with E-state index in [9.17, 15) is 5.11 Å². The molecule has 0 heterocycles. The van der Waals surface area contributed by atoms with E-state index >= 15 is 0 Å². The first-order chi connectivity index (χ1) is 6.70. The number of rotatable bonds is 5. The normalized spacial score (nSPS) is 12.9. The van der Waals surface area contributed by atoms with Crippen molar-refractivity contribution in [2.24, 2.45) is 5.92 Å². The lowest BCUT2D eigenvalue weighted by atomic mass is 10.0. The van der Waals surface area contributed by atoms with E-state index in [1.807, 2.05) is 44.2 Å². The maximum absolute atomic E-state index is 9.56. The number of para-hydroxylation sites is 1. The maximum atomic E-state index is 9.56. The van der Waals surface area contributed by atoms with Crippen molar-refractivity contribution in [2.45, 2.75) is 26.4 Å². The molecule has 0 spiro atoms. The lowest BCUT2D eigenvalue weighted by Gasteiger charge is -2.14. The van der Waals surface area contributed by atoms with Crippen LogP contribution in [0.2, 0.25) is 0 Å². The monoisotopic (exact) mass is 193 g/mol. The summed E-state index contributed by atoms with van der Waals surface area (Å²) in [5, 5.41) is 12.8. The average molecular weight is 193 g/mol. The first-order valence-electron chi connectivity index (χ1n) is 5.17. The Labute approximate surface area is 86.0 Å². The predicted octanol–water partition coefficient (Wildman–Crippen LogP) is 2.51. The van der Waals surface area contributed by atoms with Gasteiger partial charge in [0.25, 0.3) is 0 Å². The standard InChI is InChI=1S/C12H19NO/c1-10(2)12(14)8-9-13-11-6-4-3-5-7-11/h3-7,10,12-14H,8-9H2,1-2H3/t12-/m0/s1. The molecule has 2 heteroatoms. The first kappa shape index (κ1) is 11.1. The van der Waals surface area contributed by atoms with E-state index in [2.05, 4.69) is 5.32 Å². The number of nitrogens with one attached hydrogen (secondary N) is 1. The van der Waals surface area contributed by atoms with Gasteiger partial charge in [0, 0.05) is 12.2 Å². The molecule has 0 aromatic heterocycles. The lowest BCUT2D eigenvalue weighted by Crippen LogP contribution is -2.18. The molecule has 0 saturated heterocycles. The van der Waals surface area contributed by atoms with Gasteiger partial charge >= 0.3 is 0 Å². The Morgan fingerprint density at radius 1 is 1.21 bits per heavy atom. The SMILES string of the molecule is CC(C)[C@@H](O)CCNc1ccccc1. The zero-order valence-corrected chi connectivity index (χ0v) is 8.90. The summed E-state index contributed by atoms with van der Waals surface area (Å²) in [7, 11) is 0. The minimum Gasteiger partial charge on any atom is -0.393 e. The highest BCUT2D eigenvalue weighted by atomic mass is 16.3. The van der Waals surface area contributed by atoms with Gasteiger partial charge in [-0.25, -0.2) is 0 Å². The summed E-state index contributed by atoms with van der Waals surface area (Å²) >= 11 is 0. The van der Waals surface area contributed by atoms with Gasteiger partial charge in [-0.3, -0.25) is 0 Å². The number of aliphatic hydroxyl groups is 1. The van der Waals surface area contributed by atoms with Gasteiger partial charge in [-0.05, 0) is 24.5 Å². The second kappa shape index (κ2) is 5.66. The quantitative estimate of drug-likeness (QED) is 0.753. The summed E-state index contributed by atoms with van der Waals surface area (Å²) in [6, 6.07) is 10.1. The summed E-state index contributed by atoms with van der Waals surface area (Å²) in [6.45, 7) is 4.89. The number of hydrogen-bond donors (Lipinski definition) is 2. The van der Waals surface area contributed by atoms with Gasteiger partial charge in [-0.15, -0.1) is 0 Å². The molecular weight excluding hydrogens is 174 g/mol. The van der Waals surface area contributed by atoms with Gasteiger partial charge in [0.15, 0.2) is 0 Å². The van der Waals surface area contributed by atoms with E-state index in [1.165, 1.54) is 0 Å². The van der Waals surface area contributed by atoms with Crippen LogP contribution in [0, 0.1) is 5.92 Å². The van der Waals surface area contributed by atoms with Gasteiger partial charge in [-0.1, -0.05) is 32.0 Å². The lowest BCUT2D eigenvalue weighted by molar-refractivity contribution is 0.120. The van der Waals surface area contributed by atoms with Crippen LogP contribution in [-0.4, -0.2) is 17.8 Å². The van der Waals surface area contributed by atoms with E-state index in [1.54, 1.807) is 0 Å². The van der Waals surface area contributed by atoms with Crippen LogP contribution in [0.15, 0.2) is 30.3 Å². The first-order valence-corrected chi connectivity index (χ1v) is 5.17. The molecule has 0 amide bonds. The summed E-state index contributed by atoms with van der Waals surface area (Å²) in [6.07, 6.45) is 0.596. The number of aliphatic hydroxyl groups excluding tert-OH is 1. The number of hydrogen-bond acceptors (Lipinski definition) is 2. The molecule has 0 radical (unpaired) electrons. The van der Waals surface area contributed by atoms with E-state index in [0.29, 0.717) is 5.92 Å². The molecule has 1 aromatic rings. The van der Waals surface area contributed by atoms with Crippen molar-refractivity contribution in [2.75, 3.05) is 11.9 Å². The Morgan fingerprint density at radius 2 is 1.86 bits per heavy atom. The highest BCUT2D eigenvalue weighted by Crippen LogP contribution is 2.08. The highest BCUT2D eigenvalue weighted by molar-refractivity contribution is 5.42. The summed E-state index contributed by atoms with van der Waals surface area (Å²) in [5.41, 5.74) is 1.11. The van der Waals surface area contributed by atoms with Crippen molar-refractivity contribution < 1.29 is 5.11 Å². The third-order valence-corrected chi connectivity index (χ3v) is 2.31. The molecular formula is C12H19NO. The van der Waals surface area contributed by atoms with Crippen LogP contribution < -0.4 is 5.32 Å². The molecule has 0 bridgehead atoms. The molecule has 0 aliphatic carbocycles. The largest absolute Gasteiger partial charge is 0.393 e. The Morgan fingerprint density at radius 3 is 2.43 bits per heavy atom. The molecule has 0 unspecified atom stereocenters. The van der Waals surface area contributed by atoms with Gasteiger partial charge in [-0.2, -0.15) is 0 Å². The summed E-state index contributed by atoms with van der Waals surface area (Å²) in [4.78, 5) is 0. The van der Waals surface area contributed by atoms with Crippen LogP contribution >= 0.6 is 0 Å². The van der Waals surface area contributed by atoms with Crippen molar-refractivity contribution in [3.8, 4) is 0 Å². The zero-order valence-electron chi connectivity index (χ0n) is 8.90. The van der Waals surface area contributed by atoms with Crippen molar-refractivity contribution >= 4 is 5.69 Å². The van der Waals surface area contributed by atoms with Crippen LogP contribution in [0.5, 0.6) is 0 Å². The Kier molecular flexibility index (Phi) is 4.47. The van der Waals surface area contributed by atoms with Crippen molar-refractivity contribution in [1.29, 1.82) is 0 Å². The molecule has 1 atom stereocenters. The molecule has 0 saturated carbocycles. The molecule has 0 fully saturated rings. The minimum atomic E-state index is -0.203. The van der Waals surface area contributed by atoms with Gasteiger partial charge < -0.3 is 10.4 Å². The fourth-order valence-corrected chi connectivity index (χ4v) is 1.25. The van der Waals surface area contributed by atoms with Gasteiger partial charge in [0.1, 0.15) is 0 Å². The average Bonchev–Trinajstić information content (AvgIpc) is 2.19. The number of benzene rings is 1. The molecule has 1 rings (SSSR count). The van der Waals surface area contributed by atoms with Gasteiger partial charge in [0.05, 0.1) is 6.10 Å². The van der Waals surface area contributed by atoms with E-state index in [-0.39, 0.29) is 6.10 Å². The molecule has 0 aliphatic heterocycles. The molecule has 0 aliphatic rings. The highest BCUT2D eigenvalue weighted by Gasteiger charge is 2.07. The molecule has 2 N–H and O–H groups in total. The Balaban J connectivity index is 2.22. The topological polar surface area (TPSA) is 32.3 Å². The Bertz CT molecular complexity index is 246. The van der Waals surface area contributed by atoms with Crippen molar-refractivity contribution in [1.82, 2.24) is 0 Å². The summed E-state index contributed by atoms with van der Waals surface area (Å²) < 4.78 is 0. The minimum absolute atomic E-state index is 0.203. The van der Waals surface area contributed by atoms with Crippen LogP contribution in [0.3, 0.4) is 0 Å². The smallest absolute Gasteiger partial charge is 0.0579 e. The van der Waals surface area contributed by atoms with E-state index in [4.69, 9.17) is 0 Å². The second-order valence-electron chi connectivity index (χ2n) is 3.89. The third-order valence-electron chi connectivity index (χ3n) is 2.31. The molecule has 1 aromatic carbocycles. The van der Waals surface area contributed by atoms with Crippen molar-refractivity contribution in [3.63, 3.8) is 0 Å². The van der Waals surface area contributed by atoms with E-state index in [0.717, 1.165) is 18.7 Å². The molecule has 14 heavy (non-hydrogen) atoms. The maximum Gasteiger partial charge on any atom is 0.0579 e. The van der Waals surface area contributed by atoms with Crippen LogP contribution in [0.25, 0.3) is 0 Å². The summed E-state index contributed by atoms with van der Waals surface area (Å²) in [5.74, 6) is 0.340. The van der Waals surface area contributed by atoms with Crippen LogP contribution in [0.1, 0.15) is 20.3 Å². The van der Waals surface area contributed by atoms with Gasteiger partial charge in [0.2, 0.25) is 0 Å². The zero-order chi connectivity index (χ0) is 10.4. The molecule has 78 valence electrons. The third kappa shape index (κ3) is 3.79. The Hall–Kier alpha value is -1.02. The predicted molar refractivity (Wildman–Crippen MR) is 60.4 cm³/mol. The number of anilines is 1. The van der Waals surface area contributed by atoms with Crippen LogP contribution in [0.4, 0.5) is 5.69 Å².